The third-order valence-electron chi connectivity index (χ3n) is 2.86. The predicted molar refractivity (Wildman–Crippen MR) is 70.1 cm³/mol. The van der Waals surface area contributed by atoms with E-state index < -0.39 is 0 Å². The van der Waals surface area contributed by atoms with Gasteiger partial charge in [-0.25, -0.2) is 9.37 Å². The van der Waals surface area contributed by atoms with E-state index in [2.05, 4.69) is 9.97 Å². The maximum atomic E-state index is 11.9. The van der Waals surface area contributed by atoms with Crippen molar-refractivity contribution >= 4 is 5.91 Å². The van der Waals surface area contributed by atoms with Crippen molar-refractivity contribution in [2.45, 2.75) is 12.8 Å². The fraction of sp³-hybridized carbons (Fsp3) is 0.286. The van der Waals surface area contributed by atoms with Crippen LogP contribution in [0.1, 0.15) is 23.3 Å². The molecule has 1 fully saturated rings. The molecule has 1 aliphatic rings. The Hall–Kier alpha value is -2.17. The molecule has 2 aromatic rings. The predicted octanol–water partition coefficient (Wildman–Crippen LogP) is 2.47. The average molecular weight is 261 g/mol. The van der Waals surface area contributed by atoms with Crippen LogP contribution < -0.4 is 0 Å². The van der Waals surface area contributed by atoms with E-state index in [1.807, 2.05) is 4.90 Å². The summed E-state index contributed by atoms with van der Waals surface area (Å²) in [5.41, 5.74) is 0.594. The number of nitrogens with zero attached hydrogens (tertiary/aromatic N) is 2. The van der Waals surface area contributed by atoms with Crippen molar-refractivity contribution in [2.75, 3.05) is 13.1 Å². The zero-order valence-electron chi connectivity index (χ0n) is 10.6. The number of benzene rings is 1. The molecule has 0 saturated carbocycles. The summed E-state index contributed by atoms with van der Waals surface area (Å²) >= 11 is 0. The van der Waals surface area contributed by atoms with Gasteiger partial charge in [-0.1, -0.05) is 18.2 Å². The number of H-pyrrole nitrogens is 1. The number of carbonyl (C=O) groups excluding carboxylic acids is 1. The van der Waals surface area contributed by atoms with Crippen LogP contribution in [0.3, 0.4) is 0 Å². The number of hydrogen-bond acceptors (Lipinski definition) is 2. The Morgan fingerprint density at radius 1 is 1.21 bits per heavy atom. The summed E-state index contributed by atoms with van der Waals surface area (Å²) < 4.78 is 11.9. The molecule has 1 aliphatic heterocycles. The lowest BCUT2D eigenvalue weighted by Gasteiger charge is -2.12. The van der Waals surface area contributed by atoms with E-state index in [4.69, 9.17) is 0 Å². The smallest absolute Gasteiger partial charge is 0.271 e. The number of carbonyl (C=O) groups is 1. The SMILES string of the molecule is Fc1ccccc1.O=C(c1cnc[nH]1)N1CCCC1. The summed E-state index contributed by atoms with van der Waals surface area (Å²) in [6, 6.07) is 7.94. The molecule has 1 N–H and O–H groups in total. The van der Waals surface area contributed by atoms with Gasteiger partial charge in [-0.05, 0) is 25.0 Å². The van der Waals surface area contributed by atoms with Gasteiger partial charge < -0.3 is 9.88 Å². The van der Waals surface area contributed by atoms with Crippen LogP contribution in [0.2, 0.25) is 0 Å². The molecule has 1 saturated heterocycles. The van der Waals surface area contributed by atoms with Crippen LogP contribution in [0, 0.1) is 5.82 Å². The molecule has 0 spiro atoms. The van der Waals surface area contributed by atoms with Crippen molar-refractivity contribution < 1.29 is 9.18 Å². The molecule has 1 aromatic carbocycles. The molecule has 1 aromatic heterocycles. The van der Waals surface area contributed by atoms with Gasteiger partial charge in [-0.15, -0.1) is 0 Å². The maximum absolute atomic E-state index is 11.9. The minimum Gasteiger partial charge on any atom is -0.341 e. The fourth-order valence-electron chi connectivity index (χ4n) is 1.88. The highest BCUT2D eigenvalue weighted by molar-refractivity contribution is 5.92. The monoisotopic (exact) mass is 261 g/mol. The first-order valence-electron chi connectivity index (χ1n) is 6.25. The van der Waals surface area contributed by atoms with Crippen LogP contribution in [0.25, 0.3) is 0 Å². The molecule has 0 atom stereocenters. The highest BCUT2D eigenvalue weighted by Gasteiger charge is 2.19. The summed E-state index contributed by atoms with van der Waals surface area (Å²) in [4.78, 5) is 20.0. The summed E-state index contributed by atoms with van der Waals surface area (Å²) in [7, 11) is 0. The zero-order chi connectivity index (χ0) is 13.5. The van der Waals surface area contributed by atoms with Crippen LogP contribution in [-0.4, -0.2) is 33.9 Å². The third-order valence-corrected chi connectivity index (χ3v) is 2.86. The number of halogens is 1. The number of hydrogen-bond donors (Lipinski definition) is 1. The quantitative estimate of drug-likeness (QED) is 0.857. The Labute approximate surface area is 111 Å². The molecule has 0 radical (unpaired) electrons. The van der Waals surface area contributed by atoms with Gasteiger partial charge in [-0.2, -0.15) is 0 Å². The molecular weight excluding hydrogens is 245 g/mol. The average Bonchev–Trinajstić information content (AvgIpc) is 3.13. The molecule has 2 heterocycles. The zero-order valence-corrected chi connectivity index (χ0v) is 10.6. The van der Waals surface area contributed by atoms with E-state index in [0.717, 1.165) is 25.9 Å². The number of rotatable bonds is 1. The van der Waals surface area contributed by atoms with Crippen molar-refractivity contribution in [1.29, 1.82) is 0 Å². The second kappa shape index (κ2) is 6.68. The van der Waals surface area contributed by atoms with Crippen molar-refractivity contribution in [3.05, 3.63) is 54.4 Å². The number of aromatic nitrogens is 2. The Kier molecular flexibility index (Phi) is 4.66. The normalized spacial score (nSPS) is 13.8. The molecule has 4 nitrogen and oxygen atoms in total. The van der Waals surface area contributed by atoms with Gasteiger partial charge in [0.05, 0.1) is 12.5 Å². The molecule has 0 aliphatic carbocycles. The molecular formula is C14H16FN3O. The minimum absolute atomic E-state index is 0.0741. The van der Waals surface area contributed by atoms with Gasteiger partial charge in [0.1, 0.15) is 11.5 Å². The number of nitrogens with one attached hydrogen (secondary N) is 1. The standard InChI is InChI=1S/C8H11N3O.C6H5F/c12-8(7-5-9-6-10-7)11-3-1-2-4-11;7-6-4-2-1-3-5-6/h5-6H,1-4H2,(H,9,10);1-5H. The number of imidazole rings is 1. The minimum atomic E-state index is -0.178. The molecule has 19 heavy (non-hydrogen) atoms. The summed E-state index contributed by atoms with van der Waals surface area (Å²) in [6.07, 6.45) is 5.35. The second-order valence-corrected chi connectivity index (χ2v) is 4.26. The van der Waals surface area contributed by atoms with Crippen molar-refractivity contribution in [3.63, 3.8) is 0 Å². The first kappa shape index (κ1) is 13.3. The second-order valence-electron chi connectivity index (χ2n) is 4.26. The Morgan fingerprint density at radius 3 is 2.37 bits per heavy atom. The molecule has 0 unspecified atom stereocenters. The molecule has 5 heteroatoms. The van der Waals surface area contributed by atoms with Gasteiger partial charge in [0, 0.05) is 13.1 Å². The van der Waals surface area contributed by atoms with Crippen molar-refractivity contribution in [3.8, 4) is 0 Å². The summed E-state index contributed by atoms with van der Waals surface area (Å²) in [6.45, 7) is 1.77. The van der Waals surface area contributed by atoms with E-state index in [1.165, 1.54) is 18.5 Å². The Balaban J connectivity index is 0.000000163. The molecule has 0 bridgehead atoms. The topological polar surface area (TPSA) is 49.0 Å². The summed E-state index contributed by atoms with van der Waals surface area (Å²) in [5, 5.41) is 0. The van der Waals surface area contributed by atoms with Crippen molar-refractivity contribution in [2.24, 2.45) is 0 Å². The lowest BCUT2D eigenvalue weighted by Crippen LogP contribution is -2.27. The van der Waals surface area contributed by atoms with Crippen LogP contribution in [0.15, 0.2) is 42.9 Å². The highest BCUT2D eigenvalue weighted by atomic mass is 19.1. The highest BCUT2D eigenvalue weighted by Crippen LogP contribution is 2.10. The Bertz CT molecular complexity index is 493. The van der Waals surface area contributed by atoms with Gasteiger partial charge >= 0.3 is 0 Å². The third kappa shape index (κ3) is 3.91. The first-order chi connectivity index (χ1) is 9.27. The fourth-order valence-corrected chi connectivity index (χ4v) is 1.88. The maximum Gasteiger partial charge on any atom is 0.271 e. The van der Waals surface area contributed by atoms with Crippen molar-refractivity contribution in [1.82, 2.24) is 14.9 Å². The lowest BCUT2D eigenvalue weighted by atomic mass is 10.4. The number of aromatic amines is 1. The van der Waals surface area contributed by atoms with E-state index in [0.29, 0.717) is 5.69 Å². The van der Waals surface area contributed by atoms with Crippen LogP contribution >= 0.6 is 0 Å². The van der Waals surface area contributed by atoms with Gasteiger partial charge in [-0.3, -0.25) is 4.79 Å². The van der Waals surface area contributed by atoms with E-state index in [-0.39, 0.29) is 11.7 Å². The molecule has 1 amide bonds. The van der Waals surface area contributed by atoms with Crippen LogP contribution in [0.5, 0.6) is 0 Å². The largest absolute Gasteiger partial charge is 0.341 e. The summed E-state index contributed by atoms with van der Waals surface area (Å²) in [5.74, 6) is -0.104. The first-order valence-corrected chi connectivity index (χ1v) is 6.25. The molecule has 3 rings (SSSR count). The van der Waals surface area contributed by atoms with Gasteiger partial charge in [0.2, 0.25) is 0 Å². The Morgan fingerprint density at radius 2 is 1.89 bits per heavy atom. The number of amides is 1. The molecule has 100 valence electrons. The van der Waals surface area contributed by atoms with Crippen LogP contribution in [-0.2, 0) is 0 Å². The van der Waals surface area contributed by atoms with E-state index >= 15 is 0 Å². The van der Waals surface area contributed by atoms with E-state index in [9.17, 15) is 9.18 Å². The van der Waals surface area contributed by atoms with E-state index in [1.54, 1.807) is 24.4 Å². The lowest BCUT2D eigenvalue weighted by molar-refractivity contribution is 0.0787. The van der Waals surface area contributed by atoms with Gasteiger partial charge in [0.15, 0.2) is 0 Å². The van der Waals surface area contributed by atoms with Gasteiger partial charge in [0.25, 0.3) is 5.91 Å². The number of likely N-dealkylation sites (tertiary alicyclic amines) is 1. The van der Waals surface area contributed by atoms with Crippen LogP contribution in [0.4, 0.5) is 4.39 Å².